The summed E-state index contributed by atoms with van der Waals surface area (Å²) in [7, 11) is 0. The first kappa shape index (κ1) is 17.9. The summed E-state index contributed by atoms with van der Waals surface area (Å²) in [6.45, 7) is 6.05. The molecule has 4 rings (SSSR count). The molecule has 5 nitrogen and oxygen atoms in total. The number of carbonyl (C=O) groups excluding carboxylic acids is 1. The minimum Gasteiger partial charge on any atom is -0.352 e. The number of fused-ring (bicyclic) bond motifs is 1. The van der Waals surface area contributed by atoms with Gasteiger partial charge in [-0.05, 0) is 50.3 Å². The van der Waals surface area contributed by atoms with Crippen LogP contribution in [-0.2, 0) is 17.8 Å². The van der Waals surface area contributed by atoms with Crippen molar-refractivity contribution < 1.29 is 9.18 Å². The number of nitrogens with zero attached hydrogens (tertiary/aromatic N) is 4. The minimum absolute atomic E-state index is 0.0268. The van der Waals surface area contributed by atoms with Crippen molar-refractivity contribution in [3.05, 3.63) is 52.7 Å². The summed E-state index contributed by atoms with van der Waals surface area (Å²) < 4.78 is 13.2. The number of halogens is 1. The number of likely N-dealkylation sites (tertiary alicyclic amines) is 1. The molecule has 6 heteroatoms. The summed E-state index contributed by atoms with van der Waals surface area (Å²) in [6, 6.07) is 6.63. The monoisotopic (exact) mass is 368 g/mol. The third-order valence-electron chi connectivity index (χ3n) is 5.61. The molecule has 0 radical (unpaired) electrons. The van der Waals surface area contributed by atoms with E-state index < -0.39 is 0 Å². The minimum atomic E-state index is -0.219. The van der Waals surface area contributed by atoms with E-state index in [4.69, 9.17) is 9.97 Å². The van der Waals surface area contributed by atoms with E-state index in [0.29, 0.717) is 6.54 Å². The Hall–Kier alpha value is -2.50. The number of benzene rings is 1. The van der Waals surface area contributed by atoms with Crippen LogP contribution in [0.5, 0.6) is 0 Å². The van der Waals surface area contributed by atoms with E-state index in [-0.39, 0.29) is 17.8 Å². The van der Waals surface area contributed by atoms with Crippen molar-refractivity contribution in [2.24, 2.45) is 0 Å². The zero-order valence-electron chi connectivity index (χ0n) is 15.9. The molecule has 0 unspecified atom stereocenters. The quantitative estimate of drug-likeness (QED) is 0.831. The normalized spacial score (nSPS) is 19.3. The molecule has 0 bridgehead atoms. The molecule has 1 aromatic heterocycles. The Balaban J connectivity index is 1.67. The maximum atomic E-state index is 13.2. The van der Waals surface area contributed by atoms with Crippen LogP contribution in [0, 0.1) is 12.7 Å². The van der Waals surface area contributed by atoms with Crippen molar-refractivity contribution in [1.29, 1.82) is 0 Å². The standard InChI is InChI=1S/C21H25FN4O/c1-14-18-5-3-11-25(13-16-7-9-17(22)10-8-16)21(18)24-20(23-14)19-6-4-12-26(19)15(2)27/h7-10,19H,3-6,11-13H2,1-2H3/t19-/m0/s1. The Morgan fingerprint density at radius 2 is 1.96 bits per heavy atom. The first-order valence-corrected chi connectivity index (χ1v) is 9.67. The number of aromatic nitrogens is 2. The van der Waals surface area contributed by atoms with Crippen LogP contribution in [0.1, 0.15) is 54.9 Å². The molecule has 1 amide bonds. The van der Waals surface area contributed by atoms with Crippen molar-refractivity contribution in [2.45, 2.75) is 52.1 Å². The van der Waals surface area contributed by atoms with Gasteiger partial charge in [0.2, 0.25) is 5.91 Å². The lowest BCUT2D eigenvalue weighted by Gasteiger charge is -2.32. The van der Waals surface area contributed by atoms with Crippen molar-refractivity contribution >= 4 is 11.7 Å². The maximum Gasteiger partial charge on any atom is 0.220 e. The summed E-state index contributed by atoms with van der Waals surface area (Å²) in [4.78, 5) is 25.8. The first-order chi connectivity index (χ1) is 13.0. The highest BCUT2D eigenvalue weighted by Crippen LogP contribution is 2.34. The van der Waals surface area contributed by atoms with Crippen LogP contribution in [0.3, 0.4) is 0 Å². The fourth-order valence-corrected chi connectivity index (χ4v) is 4.23. The molecule has 0 N–H and O–H groups in total. The Morgan fingerprint density at radius 1 is 1.19 bits per heavy atom. The van der Waals surface area contributed by atoms with Crippen LogP contribution >= 0.6 is 0 Å². The molecule has 0 aliphatic carbocycles. The predicted molar refractivity (Wildman–Crippen MR) is 102 cm³/mol. The highest BCUT2D eigenvalue weighted by molar-refractivity contribution is 5.74. The van der Waals surface area contributed by atoms with Crippen LogP contribution in [0.25, 0.3) is 0 Å². The lowest BCUT2D eigenvalue weighted by Crippen LogP contribution is -2.33. The molecule has 0 saturated carbocycles. The summed E-state index contributed by atoms with van der Waals surface area (Å²) in [6.07, 6.45) is 3.93. The predicted octanol–water partition coefficient (Wildman–Crippen LogP) is 3.56. The summed E-state index contributed by atoms with van der Waals surface area (Å²) >= 11 is 0. The van der Waals surface area contributed by atoms with Crippen LogP contribution in [0.2, 0.25) is 0 Å². The van der Waals surface area contributed by atoms with Gasteiger partial charge in [-0.1, -0.05) is 12.1 Å². The van der Waals surface area contributed by atoms with Gasteiger partial charge < -0.3 is 9.80 Å². The zero-order chi connectivity index (χ0) is 19.0. The van der Waals surface area contributed by atoms with Crippen molar-refractivity contribution in [2.75, 3.05) is 18.0 Å². The second kappa shape index (κ2) is 7.25. The maximum absolute atomic E-state index is 13.2. The van der Waals surface area contributed by atoms with Gasteiger partial charge >= 0.3 is 0 Å². The number of hydrogen-bond acceptors (Lipinski definition) is 4. The molecular weight excluding hydrogens is 343 g/mol. The number of carbonyl (C=O) groups is 1. The van der Waals surface area contributed by atoms with Crippen molar-refractivity contribution in [3.63, 3.8) is 0 Å². The van der Waals surface area contributed by atoms with Gasteiger partial charge in [0.05, 0.1) is 6.04 Å². The van der Waals surface area contributed by atoms with E-state index in [9.17, 15) is 9.18 Å². The van der Waals surface area contributed by atoms with Gasteiger partial charge in [-0.15, -0.1) is 0 Å². The molecule has 1 saturated heterocycles. The molecule has 27 heavy (non-hydrogen) atoms. The van der Waals surface area contributed by atoms with E-state index in [1.165, 1.54) is 17.7 Å². The van der Waals surface area contributed by atoms with Gasteiger partial charge in [-0.2, -0.15) is 0 Å². The average Bonchev–Trinajstić information content (AvgIpc) is 3.14. The van der Waals surface area contributed by atoms with Gasteiger partial charge in [0.1, 0.15) is 11.6 Å². The lowest BCUT2D eigenvalue weighted by molar-refractivity contribution is -0.129. The molecule has 1 fully saturated rings. The number of rotatable bonds is 3. The van der Waals surface area contributed by atoms with Gasteiger partial charge in [-0.25, -0.2) is 14.4 Å². The Labute approximate surface area is 159 Å². The smallest absolute Gasteiger partial charge is 0.220 e. The first-order valence-electron chi connectivity index (χ1n) is 9.67. The molecule has 2 aromatic rings. The second-order valence-corrected chi connectivity index (χ2v) is 7.49. The van der Waals surface area contributed by atoms with Crippen LogP contribution in [0.4, 0.5) is 10.2 Å². The summed E-state index contributed by atoms with van der Waals surface area (Å²) in [5.41, 5.74) is 3.27. The third-order valence-corrected chi connectivity index (χ3v) is 5.61. The molecular formula is C21H25FN4O. The third kappa shape index (κ3) is 3.53. The van der Waals surface area contributed by atoms with E-state index in [1.54, 1.807) is 6.92 Å². The Bertz CT molecular complexity index is 852. The molecule has 142 valence electrons. The molecule has 1 atom stereocenters. The lowest BCUT2D eigenvalue weighted by atomic mass is 10.0. The molecule has 1 aromatic carbocycles. The molecule has 2 aliphatic rings. The van der Waals surface area contributed by atoms with E-state index in [0.717, 1.165) is 61.7 Å². The zero-order valence-corrected chi connectivity index (χ0v) is 15.9. The summed E-state index contributed by atoms with van der Waals surface area (Å²) in [5.74, 6) is 1.59. The summed E-state index contributed by atoms with van der Waals surface area (Å²) in [5, 5.41) is 0. The van der Waals surface area contributed by atoms with Crippen molar-refractivity contribution in [1.82, 2.24) is 14.9 Å². The van der Waals surface area contributed by atoms with E-state index in [1.807, 2.05) is 24.0 Å². The number of amides is 1. The SMILES string of the molecule is CC(=O)N1CCC[C@H]1c1nc(C)c2c(n1)N(Cc1ccc(F)cc1)CCC2. The van der Waals surface area contributed by atoms with E-state index in [2.05, 4.69) is 4.90 Å². The largest absolute Gasteiger partial charge is 0.352 e. The number of aryl methyl sites for hydroxylation is 1. The fraction of sp³-hybridized carbons (Fsp3) is 0.476. The number of anilines is 1. The average molecular weight is 368 g/mol. The topological polar surface area (TPSA) is 49.3 Å². The van der Waals surface area contributed by atoms with Crippen LogP contribution in [0.15, 0.2) is 24.3 Å². The van der Waals surface area contributed by atoms with Crippen molar-refractivity contribution in [3.8, 4) is 0 Å². The highest BCUT2D eigenvalue weighted by atomic mass is 19.1. The fourth-order valence-electron chi connectivity index (χ4n) is 4.23. The van der Waals surface area contributed by atoms with Crippen LogP contribution < -0.4 is 4.90 Å². The molecule has 0 spiro atoms. The molecule has 3 heterocycles. The number of hydrogen-bond donors (Lipinski definition) is 0. The van der Waals surface area contributed by atoms with Gasteiger partial charge in [0.15, 0.2) is 5.82 Å². The van der Waals surface area contributed by atoms with Gasteiger partial charge in [0.25, 0.3) is 0 Å². The Kier molecular flexibility index (Phi) is 4.81. The highest BCUT2D eigenvalue weighted by Gasteiger charge is 2.32. The Morgan fingerprint density at radius 3 is 2.70 bits per heavy atom. The van der Waals surface area contributed by atoms with Crippen LogP contribution in [-0.4, -0.2) is 33.9 Å². The molecule has 2 aliphatic heterocycles. The van der Waals surface area contributed by atoms with Gasteiger partial charge in [0, 0.05) is 37.8 Å². The van der Waals surface area contributed by atoms with Gasteiger partial charge in [-0.3, -0.25) is 4.79 Å². The van der Waals surface area contributed by atoms with E-state index >= 15 is 0 Å². The second-order valence-electron chi connectivity index (χ2n) is 7.49.